The van der Waals surface area contributed by atoms with E-state index in [1.807, 2.05) is 22.8 Å². The lowest BCUT2D eigenvalue weighted by atomic mass is 10.2. The van der Waals surface area contributed by atoms with E-state index < -0.39 is 10.0 Å². The minimum absolute atomic E-state index is 0.210. The zero-order valence-electron chi connectivity index (χ0n) is 12.7. The Balaban J connectivity index is 2.38. The van der Waals surface area contributed by atoms with Gasteiger partial charge in [-0.3, -0.25) is 0 Å². The zero-order chi connectivity index (χ0) is 15.6. The van der Waals surface area contributed by atoms with Crippen LogP contribution in [-0.4, -0.2) is 26.2 Å². The predicted molar refractivity (Wildman–Crippen MR) is 83.7 cm³/mol. The average Bonchev–Trinajstić information content (AvgIpc) is 2.66. The summed E-state index contributed by atoms with van der Waals surface area (Å²) in [6.07, 6.45) is 0. The van der Waals surface area contributed by atoms with Crippen LogP contribution in [0.4, 0.5) is 0 Å². The first-order valence-electron chi connectivity index (χ1n) is 7.00. The summed E-state index contributed by atoms with van der Waals surface area (Å²) >= 11 is 0. The molecule has 0 radical (unpaired) electrons. The van der Waals surface area contributed by atoms with E-state index in [1.54, 1.807) is 13.0 Å². The van der Waals surface area contributed by atoms with Crippen molar-refractivity contribution in [3.05, 3.63) is 30.0 Å². The van der Waals surface area contributed by atoms with Crippen molar-refractivity contribution in [2.24, 2.45) is 11.1 Å². The molecule has 1 heterocycles. The van der Waals surface area contributed by atoms with Gasteiger partial charge in [0, 0.05) is 29.7 Å². The molecule has 2 rings (SSSR count). The van der Waals surface area contributed by atoms with Crippen LogP contribution in [0.15, 0.2) is 29.2 Å². The zero-order valence-corrected chi connectivity index (χ0v) is 13.5. The Morgan fingerprint density at radius 1 is 1.29 bits per heavy atom. The van der Waals surface area contributed by atoms with Gasteiger partial charge in [0.1, 0.15) is 4.90 Å². The molecule has 0 spiro atoms. The first-order chi connectivity index (χ1) is 9.82. The maximum absolute atomic E-state index is 11.8. The summed E-state index contributed by atoms with van der Waals surface area (Å²) in [5, 5.41) is 6.03. The highest BCUT2D eigenvalue weighted by Crippen LogP contribution is 2.28. The van der Waals surface area contributed by atoms with E-state index in [2.05, 4.69) is 13.8 Å². The predicted octanol–water partition coefficient (Wildman–Crippen LogP) is 2.27. The fourth-order valence-corrected chi connectivity index (χ4v) is 3.52. The number of para-hydroxylation sites is 1. The Labute approximate surface area is 125 Å². The van der Waals surface area contributed by atoms with Gasteiger partial charge in [0.05, 0.1) is 6.61 Å². The highest BCUT2D eigenvalue weighted by atomic mass is 32.2. The van der Waals surface area contributed by atoms with Gasteiger partial charge >= 0.3 is 0 Å². The summed E-state index contributed by atoms with van der Waals surface area (Å²) in [7, 11) is -3.74. The van der Waals surface area contributed by atoms with Crippen molar-refractivity contribution in [2.45, 2.75) is 32.2 Å². The minimum atomic E-state index is -3.74. The van der Waals surface area contributed by atoms with E-state index in [0.717, 1.165) is 5.52 Å². The molecule has 0 saturated heterocycles. The molecule has 0 bridgehead atoms. The Morgan fingerprint density at radius 3 is 2.57 bits per heavy atom. The molecule has 0 aliphatic heterocycles. The second kappa shape index (κ2) is 6.17. The molecule has 0 fully saturated rings. The molecule has 6 heteroatoms. The van der Waals surface area contributed by atoms with Gasteiger partial charge in [0.15, 0.2) is 0 Å². The van der Waals surface area contributed by atoms with Crippen molar-refractivity contribution >= 4 is 20.9 Å². The topological polar surface area (TPSA) is 74.3 Å². The van der Waals surface area contributed by atoms with Gasteiger partial charge in [-0.25, -0.2) is 13.6 Å². The van der Waals surface area contributed by atoms with E-state index in [1.165, 1.54) is 0 Å². The van der Waals surface area contributed by atoms with E-state index >= 15 is 0 Å². The molecule has 0 amide bonds. The largest absolute Gasteiger partial charge is 0.379 e. The van der Waals surface area contributed by atoms with Gasteiger partial charge in [-0.05, 0) is 18.9 Å². The molecule has 0 atom stereocenters. The summed E-state index contributed by atoms with van der Waals surface area (Å²) in [6, 6.07) is 7.39. The molecule has 2 aromatic rings. The first-order valence-corrected chi connectivity index (χ1v) is 8.55. The number of rotatable bonds is 6. The van der Waals surface area contributed by atoms with Gasteiger partial charge in [0.25, 0.3) is 0 Å². The maximum Gasteiger partial charge on any atom is 0.240 e. The monoisotopic (exact) mass is 310 g/mol. The van der Waals surface area contributed by atoms with E-state index in [9.17, 15) is 8.42 Å². The molecule has 1 aromatic heterocycles. The molecule has 0 unspecified atom stereocenters. The summed E-state index contributed by atoms with van der Waals surface area (Å²) in [5.74, 6) is 0.479. The molecule has 5 nitrogen and oxygen atoms in total. The third-order valence-corrected chi connectivity index (χ3v) is 4.45. The Hall–Kier alpha value is -1.37. The van der Waals surface area contributed by atoms with Crippen molar-refractivity contribution in [2.75, 3.05) is 13.2 Å². The number of nitrogens with zero attached hydrogens (tertiary/aromatic N) is 1. The molecule has 0 aliphatic rings. The fraction of sp³-hybridized carbons (Fsp3) is 0.467. The van der Waals surface area contributed by atoms with Crippen molar-refractivity contribution in [1.29, 1.82) is 0 Å². The third-order valence-electron chi connectivity index (χ3n) is 3.37. The molecular formula is C15H22N2O3S. The molecular weight excluding hydrogens is 288 g/mol. The number of sulfonamides is 1. The Kier molecular flexibility index (Phi) is 4.70. The number of benzene rings is 1. The Bertz CT molecular complexity index is 733. The van der Waals surface area contributed by atoms with Gasteiger partial charge in [-0.15, -0.1) is 0 Å². The number of nitrogens with two attached hydrogens (primary N) is 1. The van der Waals surface area contributed by atoms with E-state index in [0.29, 0.717) is 36.8 Å². The van der Waals surface area contributed by atoms with Crippen molar-refractivity contribution in [1.82, 2.24) is 4.57 Å². The lowest BCUT2D eigenvalue weighted by Gasteiger charge is -2.10. The average molecular weight is 310 g/mol. The second-order valence-electron chi connectivity index (χ2n) is 5.60. The van der Waals surface area contributed by atoms with Crippen LogP contribution in [0, 0.1) is 12.8 Å². The van der Waals surface area contributed by atoms with Crippen LogP contribution in [0.25, 0.3) is 10.9 Å². The lowest BCUT2D eigenvalue weighted by molar-refractivity contribution is 0.103. The standard InChI is InChI=1S/C15H22N2O3S/c1-11(2)10-20-9-8-17-12(3)15(21(16,18)19)13-6-4-5-7-14(13)17/h4-7,11H,8-10H2,1-3H3,(H2,16,18,19). The number of ether oxygens (including phenoxy) is 1. The molecule has 0 saturated carbocycles. The SMILES string of the molecule is Cc1c(S(N)(=O)=O)c2ccccc2n1CCOCC(C)C. The van der Waals surface area contributed by atoms with Crippen LogP contribution in [0.2, 0.25) is 0 Å². The normalized spacial score (nSPS) is 12.4. The summed E-state index contributed by atoms with van der Waals surface area (Å²) in [6.45, 7) is 7.81. The lowest BCUT2D eigenvalue weighted by Crippen LogP contribution is -2.15. The first kappa shape index (κ1) is 16.0. The number of fused-ring (bicyclic) bond motifs is 1. The van der Waals surface area contributed by atoms with Gasteiger partial charge < -0.3 is 9.30 Å². The summed E-state index contributed by atoms with van der Waals surface area (Å²) < 4.78 is 31.2. The molecule has 2 N–H and O–H groups in total. The minimum Gasteiger partial charge on any atom is -0.379 e. The van der Waals surface area contributed by atoms with Crippen molar-refractivity contribution in [3.8, 4) is 0 Å². The molecule has 0 aliphatic carbocycles. The fourth-order valence-electron chi connectivity index (χ4n) is 2.52. The van der Waals surface area contributed by atoms with Gasteiger partial charge in [-0.1, -0.05) is 32.0 Å². The van der Waals surface area contributed by atoms with Crippen LogP contribution < -0.4 is 5.14 Å². The number of aromatic nitrogens is 1. The Morgan fingerprint density at radius 2 is 1.95 bits per heavy atom. The number of primary sulfonamides is 1. The highest BCUT2D eigenvalue weighted by molar-refractivity contribution is 7.89. The van der Waals surface area contributed by atoms with Crippen molar-refractivity contribution < 1.29 is 13.2 Å². The van der Waals surface area contributed by atoms with Crippen LogP contribution in [-0.2, 0) is 21.3 Å². The quantitative estimate of drug-likeness (QED) is 0.832. The smallest absolute Gasteiger partial charge is 0.240 e. The van der Waals surface area contributed by atoms with Crippen LogP contribution in [0.1, 0.15) is 19.5 Å². The summed E-state index contributed by atoms with van der Waals surface area (Å²) in [5.41, 5.74) is 1.53. The van der Waals surface area contributed by atoms with E-state index in [4.69, 9.17) is 9.88 Å². The van der Waals surface area contributed by atoms with E-state index in [-0.39, 0.29) is 4.90 Å². The van der Waals surface area contributed by atoms with Gasteiger partial charge in [0.2, 0.25) is 10.0 Å². The molecule has 116 valence electrons. The number of hydrogen-bond donors (Lipinski definition) is 1. The van der Waals surface area contributed by atoms with Gasteiger partial charge in [-0.2, -0.15) is 0 Å². The number of hydrogen-bond acceptors (Lipinski definition) is 3. The van der Waals surface area contributed by atoms with Crippen LogP contribution >= 0.6 is 0 Å². The third kappa shape index (κ3) is 3.45. The molecule has 1 aromatic carbocycles. The highest BCUT2D eigenvalue weighted by Gasteiger charge is 2.21. The maximum atomic E-state index is 11.8. The summed E-state index contributed by atoms with van der Waals surface area (Å²) in [4.78, 5) is 0.210. The van der Waals surface area contributed by atoms with Crippen molar-refractivity contribution in [3.63, 3.8) is 0 Å². The molecule has 21 heavy (non-hydrogen) atoms. The second-order valence-corrected chi connectivity index (χ2v) is 7.10. The van der Waals surface area contributed by atoms with Crippen LogP contribution in [0.3, 0.4) is 0 Å². The van der Waals surface area contributed by atoms with Crippen LogP contribution in [0.5, 0.6) is 0 Å².